The molecule has 2 rings (SSSR count). The Morgan fingerprint density at radius 3 is 2.57 bits per heavy atom. The number of likely N-dealkylation sites (tertiary alicyclic amines) is 1. The van der Waals surface area contributed by atoms with Crippen LogP contribution in [0.5, 0.6) is 0 Å². The van der Waals surface area contributed by atoms with Crippen molar-refractivity contribution < 1.29 is 4.79 Å². The average molecular weight is 330 g/mol. The van der Waals surface area contributed by atoms with E-state index in [1.165, 1.54) is 12.8 Å². The molecule has 1 atom stereocenters. The van der Waals surface area contributed by atoms with Crippen LogP contribution in [0.2, 0.25) is 10.3 Å². The van der Waals surface area contributed by atoms with Gasteiger partial charge >= 0.3 is 0 Å². The molecule has 1 unspecified atom stereocenters. The molecule has 1 aliphatic rings. The van der Waals surface area contributed by atoms with Gasteiger partial charge in [-0.05, 0) is 44.0 Å². The zero-order valence-electron chi connectivity index (χ0n) is 12.4. The summed E-state index contributed by atoms with van der Waals surface area (Å²) in [5.74, 6) is 0.288. The number of hydrogen-bond donors (Lipinski definition) is 1. The van der Waals surface area contributed by atoms with E-state index < -0.39 is 0 Å². The molecular formula is C15H21Cl2N3O. The Morgan fingerprint density at radius 1 is 1.33 bits per heavy atom. The highest BCUT2D eigenvalue weighted by molar-refractivity contribution is 6.34. The lowest BCUT2D eigenvalue weighted by Crippen LogP contribution is -2.45. The number of amides is 1. The highest BCUT2D eigenvalue weighted by Crippen LogP contribution is 2.19. The number of hydrogen-bond acceptors (Lipinski definition) is 3. The molecule has 1 fully saturated rings. The van der Waals surface area contributed by atoms with Gasteiger partial charge in [-0.15, -0.1) is 0 Å². The summed E-state index contributed by atoms with van der Waals surface area (Å²) in [4.78, 5) is 18.6. The normalized spacial score (nSPS) is 17.2. The quantitative estimate of drug-likeness (QED) is 0.843. The molecule has 0 aromatic carbocycles. The van der Waals surface area contributed by atoms with Gasteiger partial charge in [-0.1, -0.05) is 37.0 Å². The van der Waals surface area contributed by atoms with Crippen molar-refractivity contribution in [2.75, 3.05) is 19.6 Å². The summed E-state index contributed by atoms with van der Waals surface area (Å²) in [6, 6.07) is 3.53. The third-order valence-electron chi connectivity index (χ3n) is 3.91. The van der Waals surface area contributed by atoms with Crippen LogP contribution in [0.15, 0.2) is 12.1 Å². The van der Waals surface area contributed by atoms with Gasteiger partial charge in [0.2, 0.25) is 0 Å². The maximum Gasteiger partial charge on any atom is 0.254 e. The Labute approximate surface area is 135 Å². The van der Waals surface area contributed by atoms with E-state index >= 15 is 0 Å². The number of pyridine rings is 1. The van der Waals surface area contributed by atoms with Gasteiger partial charge in [0, 0.05) is 12.6 Å². The Morgan fingerprint density at radius 2 is 2.00 bits per heavy atom. The Hall–Kier alpha value is -0.840. The maximum absolute atomic E-state index is 12.2. The number of aromatic nitrogens is 1. The molecule has 0 radical (unpaired) electrons. The lowest BCUT2D eigenvalue weighted by Gasteiger charge is -2.31. The van der Waals surface area contributed by atoms with E-state index in [2.05, 4.69) is 29.0 Å². The van der Waals surface area contributed by atoms with Crippen LogP contribution < -0.4 is 5.32 Å². The molecule has 1 amide bonds. The van der Waals surface area contributed by atoms with E-state index in [1.54, 1.807) is 12.1 Å². The largest absolute Gasteiger partial charge is 0.350 e. The van der Waals surface area contributed by atoms with E-state index in [4.69, 9.17) is 23.2 Å². The maximum atomic E-state index is 12.2. The van der Waals surface area contributed by atoms with E-state index in [0.717, 1.165) is 13.1 Å². The van der Waals surface area contributed by atoms with Gasteiger partial charge in [0.15, 0.2) is 0 Å². The second-order valence-electron chi connectivity index (χ2n) is 5.74. The molecule has 21 heavy (non-hydrogen) atoms. The van der Waals surface area contributed by atoms with Crippen molar-refractivity contribution in [3.8, 4) is 0 Å². The van der Waals surface area contributed by atoms with Gasteiger partial charge in [-0.3, -0.25) is 9.69 Å². The van der Waals surface area contributed by atoms with Crippen molar-refractivity contribution in [2.45, 2.75) is 32.7 Å². The van der Waals surface area contributed by atoms with Crippen molar-refractivity contribution in [2.24, 2.45) is 5.92 Å². The molecule has 1 aliphatic heterocycles. The first-order chi connectivity index (χ1) is 9.99. The number of rotatable bonds is 5. The van der Waals surface area contributed by atoms with Crippen molar-refractivity contribution in [3.63, 3.8) is 0 Å². The minimum atomic E-state index is -0.200. The van der Waals surface area contributed by atoms with E-state index in [9.17, 15) is 4.79 Å². The zero-order valence-corrected chi connectivity index (χ0v) is 13.9. The molecule has 1 aromatic rings. The van der Waals surface area contributed by atoms with Crippen LogP contribution in [0.4, 0.5) is 0 Å². The van der Waals surface area contributed by atoms with Crippen LogP contribution >= 0.6 is 23.2 Å². The molecule has 2 heterocycles. The third kappa shape index (κ3) is 4.31. The number of carbonyl (C=O) groups excluding carboxylic acids is 1. The second kappa shape index (κ2) is 7.43. The Bertz CT molecular complexity index is 502. The first-order valence-electron chi connectivity index (χ1n) is 7.33. The lowest BCUT2D eigenvalue weighted by atomic mass is 10.0. The standard InChI is InChI=1S/C15H21Cl2N3O/c1-10(2)12(20-7-3-4-8-20)9-18-15(21)11-5-6-13(16)19-14(11)17/h5-6,10,12H,3-4,7-9H2,1-2H3,(H,18,21). The fraction of sp³-hybridized carbons (Fsp3) is 0.600. The SMILES string of the molecule is CC(C)C(CNC(=O)c1ccc(Cl)nc1Cl)N1CCCC1. The highest BCUT2D eigenvalue weighted by Gasteiger charge is 2.25. The summed E-state index contributed by atoms with van der Waals surface area (Å²) in [5.41, 5.74) is 0.366. The van der Waals surface area contributed by atoms with Gasteiger partial charge in [-0.25, -0.2) is 4.98 Å². The first-order valence-corrected chi connectivity index (χ1v) is 8.09. The van der Waals surface area contributed by atoms with Crippen molar-refractivity contribution in [1.82, 2.24) is 15.2 Å². The summed E-state index contributed by atoms with van der Waals surface area (Å²) in [5, 5.41) is 3.40. The van der Waals surface area contributed by atoms with Crippen LogP contribution in [0.25, 0.3) is 0 Å². The fourth-order valence-corrected chi connectivity index (χ4v) is 3.16. The van der Waals surface area contributed by atoms with Crippen molar-refractivity contribution in [1.29, 1.82) is 0 Å². The molecule has 116 valence electrons. The smallest absolute Gasteiger partial charge is 0.254 e. The predicted octanol–water partition coefficient (Wildman–Crippen LogP) is 3.24. The van der Waals surface area contributed by atoms with E-state index in [-0.39, 0.29) is 16.2 Å². The molecule has 0 aliphatic carbocycles. The minimum Gasteiger partial charge on any atom is -0.350 e. The summed E-state index contributed by atoms with van der Waals surface area (Å²) in [7, 11) is 0. The van der Waals surface area contributed by atoms with Crippen LogP contribution in [0.1, 0.15) is 37.0 Å². The van der Waals surface area contributed by atoms with E-state index in [1.807, 2.05) is 0 Å². The number of halogens is 2. The Balaban J connectivity index is 1.98. The van der Waals surface area contributed by atoms with Crippen molar-refractivity contribution >= 4 is 29.1 Å². The van der Waals surface area contributed by atoms with Gasteiger partial charge in [0.1, 0.15) is 10.3 Å². The van der Waals surface area contributed by atoms with E-state index in [0.29, 0.717) is 24.1 Å². The zero-order chi connectivity index (χ0) is 15.4. The molecule has 1 N–H and O–H groups in total. The highest BCUT2D eigenvalue weighted by atomic mass is 35.5. The van der Waals surface area contributed by atoms with Crippen LogP contribution in [-0.4, -0.2) is 41.5 Å². The number of nitrogens with one attached hydrogen (secondary N) is 1. The summed E-state index contributed by atoms with van der Waals surface area (Å²) in [6.45, 7) is 7.22. The predicted molar refractivity (Wildman–Crippen MR) is 86.0 cm³/mol. The molecule has 0 saturated carbocycles. The van der Waals surface area contributed by atoms with Gasteiger partial charge < -0.3 is 5.32 Å². The molecule has 4 nitrogen and oxygen atoms in total. The van der Waals surface area contributed by atoms with Gasteiger partial charge in [0.25, 0.3) is 5.91 Å². The molecule has 1 aromatic heterocycles. The van der Waals surface area contributed by atoms with Crippen molar-refractivity contribution in [3.05, 3.63) is 28.0 Å². The summed E-state index contributed by atoms with van der Waals surface area (Å²) in [6.07, 6.45) is 2.48. The molecule has 0 spiro atoms. The summed E-state index contributed by atoms with van der Waals surface area (Å²) < 4.78 is 0. The number of nitrogens with zero attached hydrogens (tertiary/aromatic N) is 2. The van der Waals surface area contributed by atoms with Crippen LogP contribution in [0, 0.1) is 5.92 Å². The van der Waals surface area contributed by atoms with Gasteiger partial charge in [-0.2, -0.15) is 0 Å². The molecule has 1 saturated heterocycles. The molecule has 6 heteroatoms. The second-order valence-corrected chi connectivity index (χ2v) is 6.48. The average Bonchev–Trinajstić information content (AvgIpc) is 2.92. The molecular weight excluding hydrogens is 309 g/mol. The van der Waals surface area contributed by atoms with Gasteiger partial charge in [0.05, 0.1) is 5.56 Å². The monoisotopic (exact) mass is 329 g/mol. The first kappa shape index (κ1) is 16.5. The van der Waals surface area contributed by atoms with Crippen LogP contribution in [0.3, 0.4) is 0 Å². The third-order valence-corrected chi connectivity index (χ3v) is 4.41. The van der Waals surface area contributed by atoms with Crippen LogP contribution in [-0.2, 0) is 0 Å². The lowest BCUT2D eigenvalue weighted by molar-refractivity contribution is 0.0927. The summed E-state index contributed by atoms with van der Waals surface area (Å²) >= 11 is 11.7. The topological polar surface area (TPSA) is 45.2 Å². The minimum absolute atomic E-state index is 0.141. The number of carbonyl (C=O) groups is 1. The fourth-order valence-electron chi connectivity index (χ4n) is 2.73. The molecule has 0 bridgehead atoms. The Kier molecular flexibility index (Phi) is 5.85.